The minimum Gasteiger partial charge on any atom is -0.508 e. The van der Waals surface area contributed by atoms with Gasteiger partial charge in [-0.1, -0.05) is 15.9 Å². The zero-order valence-corrected chi connectivity index (χ0v) is 12.6. The van der Waals surface area contributed by atoms with Crippen molar-refractivity contribution in [3.8, 4) is 5.75 Å². The summed E-state index contributed by atoms with van der Waals surface area (Å²) in [7, 11) is 0. The molecule has 0 aliphatic carbocycles. The predicted molar refractivity (Wildman–Crippen MR) is 79.0 cm³/mol. The molecule has 0 aromatic heterocycles. The summed E-state index contributed by atoms with van der Waals surface area (Å²) in [5, 5.41) is 23.1. The van der Waals surface area contributed by atoms with Crippen molar-refractivity contribution in [3.63, 3.8) is 0 Å². The SMILES string of the molecule is Oc1ccc(Br)c(CNCC2(O)CCSCC2)c1. The first-order valence-electron chi connectivity index (χ1n) is 6.07. The van der Waals surface area contributed by atoms with Crippen molar-refractivity contribution in [1.82, 2.24) is 5.32 Å². The summed E-state index contributed by atoms with van der Waals surface area (Å²) >= 11 is 5.36. The third-order valence-electron chi connectivity index (χ3n) is 3.22. The normalized spacial score (nSPS) is 18.8. The molecule has 1 heterocycles. The second-order valence-corrected chi connectivity index (χ2v) is 6.80. The van der Waals surface area contributed by atoms with E-state index in [1.54, 1.807) is 12.1 Å². The zero-order valence-electron chi connectivity index (χ0n) is 10.2. The van der Waals surface area contributed by atoms with Crippen LogP contribution in [0.25, 0.3) is 0 Å². The van der Waals surface area contributed by atoms with Gasteiger partial charge in [-0.3, -0.25) is 0 Å². The summed E-state index contributed by atoms with van der Waals surface area (Å²) in [4.78, 5) is 0. The van der Waals surface area contributed by atoms with Crippen LogP contribution in [-0.4, -0.2) is 33.9 Å². The van der Waals surface area contributed by atoms with E-state index in [0.717, 1.165) is 34.4 Å². The molecule has 100 valence electrons. The predicted octanol–water partition coefficient (Wildman–Crippen LogP) is 2.50. The highest BCUT2D eigenvalue weighted by molar-refractivity contribution is 9.10. The standard InChI is InChI=1S/C13H18BrNO2S/c14-12-2-1-11(16)7-10(12)8-15-9-13(17)3-5-18-6-4-13/h1-2,7,15-17H,3-6,8-9H2. The topological polar surface area (TPSA) is 52.5 Å². The summed E-state index contributed by atoms with van der Waals surface area (Å²) in [5.41, 5.74) is 0.443. The Kier molecular flexibility index (Phi) is 4.95. The Labute approximate surface area is 120 Å². The second-order valence-electron chi connectivity index (χ2n) is 4.72. The van der Waals surface area contributed by atoms with Crippen molar-refractivity contribution in [3.05, 3.63) is 28.2 Å². The first-order valence-corrected chi connectivity index (χ1v) is 8.02. The van der Waals surface area contributed by atoms with E-state index in [1.165, 1.54) is 0 Å². The van der Waals surface area contributed by atoms with Crippen molar-refractivity contribution in [2.45, 2.75) is 25.0 Å². The van der Waals surface area contributed by atoms with E-state index in [0.29, 0.717) is 13.1 Å². The van der Waals surface area contributed by atoms with E-state index in [4.69, 9.17) is 0 Å². The number of hydrogen-bond donors (Lipinski definition) is 3. The Bertz CT molecular complexity index is 408. The Morgan fingerprint density at radius 1 is 1.33 bits per heavy atom. The van der Waals surface area contributed by atoms with E-state index in [9.17, 15) is 10.2 Å². The molecule has 0 atom stereocenters. The van der Waals surface area contributed by atoms with Crippen molar-refractivity contribution in [2.24, 2.45) is 0 Å². The molecule has 18 heavy (non-hydrogen) atoms. The van der Waals surface area contributed by atoms with Crippen LogP contribution in [-0.2, 0) is 6.54 Å². The molecule has 3 N–H and O–H groups in total. The minimum absolute atomic E-state index is 0.266. The Morgan fingerprint density at radius 3 is 2.78 bits per heavy atom. The van der Waals surface area contributed by atoms with Gasteiger partial charge in [0.15, 0.2) is 0 Å². The lowest BCUT2D eigenvalue weighted by atomic mass is 9.97. The Balaban J connectivity index is 1.86. The Morgan fingerprint density at radius 2 is 2.06 bits per heavy atom. The molecule has 0 amide bonds. The van der Waals surface area contributed by atoms with Gasteiger partial charge in [-0.15, -0.1) is 0 Å². The van der Waals surface area contributed by atoms with Crippen LogP contribution in [0.4, 0.5) is 0 Å². The molecule has 2 rings (SSSR count). The summed E-state index contributed by atoms with van der Waals surface area (Å²) in [6, 6.07) is 5.22. The van der Waals surface area contributed by atoms with Crippen LogP contribution in [0.2, 0.25) is 0 Å². The summed E-state index contributed by atoms with van der Waals surface area (Å²) < 4.78 is 0.971. The molecule has 3 nitrogen and oxygen atoms in total. The molecule has 5 heteroatoms. The molecule has 1 fully saturated rings. The number of thioether (sulfide) groups is 1. The van der Waals surface area contributed by atoms with Gasteiger partial charge in [-0.25, -0.2) is 0 Å². The van der Waals surface area contributed by atoms with Crippen LogP contribution >= 0.6 is 27.7 Å². The van der Waals surface area contributed by atoms with E-state index in [-0.39, 0.29) is 5.75 Å². The summed E-state index contributed by atoms with van der Waals surface area (Å²) in [6.07, 6.45) is 1.71. The van der Waals surface area contributed by atoms with Gasteiger partial charge >= 0.3 is 0 Å². The van der Waals surface area contributed by atoms with E-state index in [2.05, 4.69) is 21.2 Å². The maximum absolute atomic E-state index is 10.3. The van der Waals surface area contributed by atoms with Gasteiger partial charge in [0.1, 0.15) is 5.75 Å². The number of phenols is 1. The van der Waals surface area contributed by atoms with Crippen LogP contribution < -0.4 is 5.32 Å². The van der Waals surface area contributed by atoms with Crippen molar-refractivity contribution < 1.29 is 10.2 Å². The minimum atomic E-state index is -0.561. The lowest BCUT2D eigenvalue weighted by Gasteiger charge is -2.32. The highest BCUT2D eigenvalue weighted by atomic mass is 79.9. The first-order chi connectivity index (χ1) is 8.59. The monoisotopic (exact) mass is 331 g/mol. The summed E-state index contributed by atoms with van der Waals surface area (Å²) in [5.74, 6) is 2.34. The molecular formula is C13H18BrNO2S. The van der Waals surface area contributed by atoms with Crippen LogP contribution in [0.1, 0.15) is 18.4 Å². The van der Waals surface area contributed by atoms with Gasteiger partial charge in [0, 0.05) is 17.6 Å². The van der Waals surface area contributed by atoms with Gasteiger partial charge < -0.3 is 15.5 Å². The molecule has 0 radical (unpaired) electrons. The number of phenolic OH excluding ortho intramolecular Hbond substituents is 1. The zero-order chi connectivity index (χ0) is 13.0. The van der Waals surface area contributed by atoms with Crippen molar-refractivity contribution >= 4 is 27.7 Å². The second kappa shape index (κ2) is 6.28. The average Bonchev–Trinajstić information content (AvgIpc) is 2.34. The molecule has 0 spiro atoms. The molecule has 1 aliphatic heterocycles. The quantitative estimate of drug-likeness (QED) is 0.793. The lowest BCUT2D eigenvalue weighted by molar-refractivity contribution is 0.0320. The summed E-state index contributed by atoms with van der Waals surface area (Å²) in [6.45, 7) is 1.25. The van der Waals surface area contributed by atoms with Gasteiger partial charge in [0.25, 0.3) is 0 Å². The van der Waals surface area contributed by atoms with Gasteiger partial charge in [-0.2, -0.15) is 11.8 Å². The van der Waals surface area contributed by atoms with Crippen molar-refractivity contribution in [2.75, 3.05) is 18.1 Å². The number of benzene rings is 1. The number of rotatable bonds is 4. The molecule has 1 saturated heterocycles. The molecule has 1 aromatic rings. The largest absolute Gasteiger partial charge is 0.508 e. The highest BCUT2D eigenvalue weighted by Gasteiger charge is 2.28. The van der Waals surface area contributed by atoms with Crippen LogP contribution in [0.5, 0.6) is 5.75 Å². The number of aromatic hydroxyl groups is 1. The van der Waals surface area contributed by atoms with E-state index >= 15 is 0 Å². The molecule has 0 saturated carbocycles. The van der Waals surface area contributed by atoms with Crippen LogP contribution in [0.15, 0.2) is 22.7 Å². The highest BCUT2D eigenvalue weighted by Crippen LogP contribution is 2.26. The first kappa shape index (κ1) is 14.2. The number of aliphatic hydroxyl groups is 1. The molecule has 1 aromatic carbocycles. The Hall–Kier alpha value is -0.230. The number of halogens is 1. The van der Waals surface area contributed by atoms with Gasteiger partial charge in [-0.05, 0) is 48.1 Å². The van der Waals surface area contributed by atoms with Crippen LogP contribution in [0, 0.1) is 0 Å². The third kappa shape index (κ3) is 3.88. The smallest absolute Gasteiger partial charge is 0.115 e. The maximum atomic E-state index is 10.3. The number of nitrogens with one attached hydrogen (secondary N) is 1. The fourth-order valence-corrected chi connectivity index (χ4v) is 3.69. The lowest BCUT2D eigenvalue weighted by Crippen LogP contribution is -2.43. The third-order valence-corrected chi connectivity index (χ3v) is 4.98. The average molecular weight is 332 g/mol. The molecule has 0 bridgehead atoms. The van der Waals surface area contributed by atoms with Crippen molar-refractivity contribution in [1.29, 1.82) is 0 Å². The van der Waals surface area contributed by atoms with E-state index < -0.39 is 5.60 Å². The van der Waals surface area contributed by atoms with Gasteiger partial charge in [0.2, 0.25) is 0 Å². The molecule has 1 aliphatic rings. The molecule has 0 unspecified atom stereocenters. The number of hydrogen-bond acceptors (Lipinski definition) is 4. The van der Waals surface area contributed by atoms with E-state index in [1.807, 2.05) is 17.8 Å². The van der Waals surface area contributed by atoms with Crippen LogP contribution in [0.3, 0.4) is 0 Å². The molecular weight excluding hydrogens is 314 g/mol. The van der Waals surface area contributed by atoms with Gasteiger partial charge in [0.05, 0.1) is 5.60 Å². The fourth-order valence-electron chi connectivity index (χ4n) is 2.05. The fraction of sp³-hybridized carbons (Fsp3) is 0.538. The maximum Gasteiger partial charge on any atom is 0.115 e.